The number of thioether (sulfide) groups is 1. The van der Waals surface area contributed by atoms with Crippen molar-refractivity contribution in [1.82, 2.24) is 0 Å². The number of rotatable bonds is 5. The van der Waals surface area contributed by atoms with Gasteiger partial charge < -0.3 is 0 Å². The van der Waals surface area contributed by atoms with Crippen molar-refractivity contribution in [2.24, 2.45) is 0 Å². The van der Waals surface area contributed by atoms with E-state index in [1.54, 1.807) is 36.0 Å². The number of nitro groups is 1. The fourth-order valence-corrected chi connectivity index (χ4v) is 2.00. The van der Waals surface area contributed by atoms with Gasteiger partial charge in [0.05, 0.1) is 4.92 Å². The number of hydrogen-bond donors (Lipinski definition) is 0. The Labute approximate surface area is 87.7 Å². The Bertz CT molecular complexity index is 297. The van der Waals surface area contributed by atoms with Gasteiger partial charge in [-0.1, -0.05) is 13.3 Å². The van der Waals surface area contributed by atoms with Crippen molar-refractivity contribution in [2.45, 2.75) is 24.7 Å². The molecule has 0 aromatic heterocycles. The van der Waals surface area contributed by atoms with Crippen LogP contribution in [0.3, 0.4) is 0 Å². The predicted octanol–water partition coefficient (Wildman–Crippen LogP) is 3.49. The van der Waals surface area contributed by atoms with E-state index in [9.17, 15) is 10.1 Å². The molecule has 0 heterocycles. The van der Waals surface area contributed by atoms with Crippen LogP contribution in [0.15, 0.2) is 29.2 Å². The molecular formula is C10H13NO2S. The Balaban J connectivity index is 2.51. The minimum atomic E-state index is -0.375. The van der Waals surface area contributed by atoms with E-state index in [1.165, 1.54) is 12.8 Å². The van der Waals surface area contributed by atoms with Gasteiger partial charge in [-0.2, -0.15) is 0 Å². The second-order valence-electron chi connectivity index (χ2n) is 2.95. The molecule has 3 nitrogen and oxygen atoms in total. The highest BCUT2D eigenvalue weighted by molar-refractivity contribution is 7.99. The number of unbranched alkanes of at least 4 members (excludes halogenated alkanes) is 1. The lowest BCUT2D eigenvalue weighted by Crippen LogP contribution is -1.86. The molecule has 0 amide bonds. The number of hydrogen-bond acceptors (Lipinski definition) is 3. The normalized spacial score (nSPS) is 10.1. The highest BCUT2D eigenvalue weighted by Crippen LogP contribution is 2.22. The van der Waals surface area contributed by atoms with Gasteiger partial charge >= 0.3 is 0 Å². The first-order valence-corrected chi connectivity index (χ1v) is 5.60. The summed E-state index contributed by atoms with van der Waals surface area (Å²) in [6.07, 6.45) is 2.36. The van der Waals surface area contributed by atoms with Crippen LogP contribution in [0.25, 0.3) is 0 Å². The minimum Gasteiger partial charge on any atom is -0.258 e. The zero-order valence-electron chi connectivity index (χ0n) is 8.10. The molecule has 0 bridgehead atoms. The summed E-state index contributed by atoms with van der Waals surface area (Å²) in [7, 11) is 0. The van der Waals surface area contributed by atoms with Crippen molar-refractivity contribution in [3.63, 3.8) is 0 Å². The summed E-state index contributed by atoms with van der Waals surface area (Å²) in [6, 6.07) is 6.71. The molecule has 0 saturated heterocycles. The van der Waals surface area contributed by atoms with Crippen LogP contribution in [0.4, 0.5) is 5.69 Å². The third-order valence-electron chi connectivity index (χ3n) is 1.81. The van der Waals surface area contributed by atoms with Crippen LogP contribution in [0.2, 0.25) is 0 Å². The first-order chi connectivity index (χ1) is 6.74. The molecule has 76 valence electrons. The van der Waals surface area contributed by atoms with E-state index >= 15 is 0 Å². The Morgan fingerprint density at radius 3 is 2.50 bits per heavy atom. The smallest absolute Gasteiger partial charge is 0.258 e. The van der Waals surface area contributed by atoms with Crippen molar-refractivity contribution in [3.8, 4) is 0 Å². The molecule has 1 aromatic rings. The Morgan fingerprint density at radius 1 is 1.36 bits per heavy atom. The van der Waals surface area contributed by atoms with E-state index in [0.29, 0.717) is 0 Å². The lowest BCUT2D eigenvalue weighted by Gasteiger charge is -1.99. The summed E-state index contributed by atoms with van der Waals surface area (Å²) in [6.45, 7) is 2.15. The summed E-state index contributed by atoms with van der Waals surface area (Å²) < 4.78 is 0. The zero-order valence-corrected chi connectivity index (χ0v) is 8.92. The molecule has 0 N–H and O–H groups in total. The van der Waals surface area contributed by atoms with Gasteiger partial charge in [0.15, 0.2) is 0 Å². The maximum absolute atomic E-state index is 10.4. The van der Waals surface area contributed by atoms with Crippen molar-refractivity contribution < 1.29 is 4.92 Å². The van der Waals surface area contributed by atoms with Crippen LogP contribution in [0, 0.1) is 10.1 Å². The monoisotopic (exact) mass is 211 g/mol. The molecule has 0 unspecified atom stereocenters. The second kappa shape index (κ2) is 5.65. The Kier molecular flexibility index (Phi) is 4.46. The molecule has 0 aliphatic carbocycles. The average molecular weight is 211 g/mol. The molecule has 14 heavy (non-hydrogen) atoms. The fourth-order valence-electron chi connectivity index (χ4n) is 0.998. The third kappa shape index (κ3) is 3.38. The third-order valence-corrected chi connectivity index (χ3v) is 2.91. The van der Waals surface area contributed by atoms with Crippen LogP contribution in [-0.2, 0) is 0 Å². The molecule has 4 heteroatoms. The van der Waals surface area contributed by atoms with Crippen LogP contribution < -0.4 is 0 Å². The van der Waals surface area contributed by atoms with Crippen LogP contribution >= 0.6 is 11.8 Å². The summed E-state index contributed by atoms with van der Waals surface area (Å²) in [5, 5.41) is 10.4. The second-order valence-corrected chi connectivity index (χ2v) is 4.12. The largest absolute Gasteiger partial charge is 0.269 e. The lowest BCUT2D eigenvalue weighted by atomic mass is 10.3. The minimum absolute atomic E-state index is 0.157. The highest BCUT2D eigenvalue weighted by atomic mass is 32.2. The average Bonchev–Trinajstić information content (AvgIpc) is 2.19. The van der Waals surface area contributed by atoms with Gasteiger partial charge in [-0.15, -0.1) is 11.8 Å². The molecule has 0 aliphatic rings. The molecule has 0 spiro atoms. The molecule has 0 radical (unpaired) electrons. The van der Waals surface area contributed by atoms with E-state index in [1.807, 2.05) is 0 Å². The first kappa shape index (κ1) is 11.0. The molecule has 0 fully saturated rings. The molecule has 0 saturated carbocycles. The zero-order chi connectivity index (χ0) is 10.4. The molecular weight excluding hydrogens is 198 g/mol. The van der Waals surface area contributed by atoms with Crippen molar-refractivity contribution in [3.05, 3.63) is 34.4 Å². The first-order valence-electron chi connectivity index (χ1n) is 4.61. The topological polar surface area (TPSA) is 43.1 Å². The van der Waals surface area contributed by atoms with Gasteiger partial charge in [0, 0.05) is 17.0 Å². The Hall–Kier alpha value is -1.03. The maximum atomic E-state index is 10.4. The SMILES string of the molecule is CCCCSc1ccc([N+](=O)[O-])cc1. The maximum Gasteiger partial charge on any atom is 0.269 e. The van der Waals surface area contributed by atoms with E-state index < -0.39 is 0 Å². The van der Waals surface area contributed by atoms with Gasteiger partial charge in [0.1, 0.15) is 0 Å². The predicted molar refractivity (Wildman–Crippen MR) is 58.7 cm³/mol. The summed E-state index contributed by atoms with van der Waals surface area (Å²) >= 11 is 1.74. The van der Waals surface area contributed by atoms with Crippen LogP contribution in [0.5, 0.6) is 0 Å². The number of benzene rings is 1. The standard InChI is InChI=1S/C10H13NO2S/c1-2-3-8-14-10-6-4-9(5-7-10)11(12)13/h4-7H,2-3,8H2,1H3. The van der Waals surface area contributed by atoms with Gasteiger partial charge in [0.2, 0.25) is 0 Å². The van der Waals surface area contributed by atoms with Crippen LogP contribution in [0.1, 0.15) is 19.8 Å². The van der Waals surface area contributed by atoms with Gasteiger partial charge in [-0.25, -0.2) is 0 Å². The number of nitro benzene ring substituents is 1. The van der Waals surface area contributed by atoms with Crippen molar-refractivity contribution >= 4 is 17.4 Å². The van der Waals surface area contributed by atoms with E-state index in [2.05, 4.69) is 6.92 Å². The lowest BCUT2D eigenvalue weighted by molar-refractivity contribution is -0.384. The highest BCUT2D eigenvalue weighted by Gasteiger charge is 2.03. The quantitative estimate of drug-likeness (QED) is 0.324. The summed E-state index contributed by atoms with van der Waals surface area (Å²) in [5.41, 5.74) is 0.157. The molecule has 1 rings (SSSR count). The van der Waals surface area contributed by atoms with Crippen molar-refractivity contribution in [2.75, 3.05) is 5.75 Å². The van der Waals surface area contributed by atoms with E-state index in [4.69, 9.17) is 0 Å². The van der Waals surface area contributed by atoms with E-state index in [-0.39, 0.29) is 10.6 Å². The molecule has 0 atom stereocenters. The number of nitrogens with zero attached hydrogens (tertiary/aromatic N) is 1. The summed E-state index contributed by atoms with van der Waals surface area (Å²) in [5.74, 6) is 1.08. The van der Waals surface area contributed by atoms with Crippen LogP contribution in [-0.4, -0.2) is 10.7 Å². The summed E-state index contributed by atoms with van der Waals surface area (Å²) in [4.78, 5) is 11.1. The molecule has 1 aromatic carbocycles. The Morgan fingerprint density at radius 2 is 2.00 bits per heavy atom. The molecule has 0 aliphatic heterocycles. The fraction of sp³-hybridized carbons (Fsp3) is 0.400. The van der Waals surface area contributed by atoms with E-state index in [0.717, 1.165) is 10.6 Å². The van der Waals surface area contributed by atoms with Gasteiger partial charge in [-0.05, 0) is 24.3 Å². The number of non-ortho nitro benzene ring substituents is 1. The van der Waals surface area contributed by atoms with Gasteiger partial charge in [0.25, 0.3) is 5.69 Å². The van der Waals surface area contributed by atoms with Crippen molar-refractivity contribution in [1.29, 1.82) is 0 Å². The van der Waals surface area contributed by atoms with Gasteiger partial charge in [-0.3, -0.25) is 10.1 Å².